The van der Waals surface area contributed by atoms with E-state index in [2.05, 4.69) is 5.32 Å². The number of amides is 2. The third-order valence-electron chi connectivity index (χ3n) is 13.6. The summed E-state index contributed by atoms with van der Waals surface area (Å²) >= 11 is 0. The number of ether oxygens (including phenoxy) is 6. The fraction of sp³-hybridized carbons (Fsp3) is 0.659. The van der Waals surface area contributed by atoms with Crippen LogP contribution in [0.1, 0.15) is 97.9 Å². The second-order valence-electron chi connectivity index (χ2n) is 19.2. The number of fused-ring (bicyclic) bond motifs is 5. The molecule has 3 saturated carbocycles. The van der Waals surface area contributed by atoms with Crippen LogP contribution in [-0.2, 0) is 52.4 Å². The Bertz CT molecular complexity index is 2060. The van der Waals surface area contributed by atoms with Gasteiger partial charge >= 0.3 is 30.0 Å². The Kier molecular flexibility index (Phi) is 12.7. The Morgan fingerprint density at radius 1 is 1.02 bits per heavy atom. The van der Waals surface area contributed by atoms with Crippen molar-refractivity contribution in [1.29, 1.82) is 0 Å². The molecule has 0 aromatic heterocycles. The second kappa shape index (κ2) is 16.9. The molecule has 5 aliphatic rings. The number of nitrogens with two attached hydrogens (primary N) is 2. The fourth-order valence-electron chi connectivity index (χ4n) is 10.1. The average molecular weight is 886 g/mol. The quantitative estimate of drug-likeness (QED) is 0.0971. The minimum Gasteiger partial charge on any atom is -0.455 e. The molecule has 2 bridgehead atoms. The van der Waals surface area contributed by atoms with Crippen LogP contribution in [0.2, 0.25) is 0 Å². The highest BCUT2D eigenvalue weighted by molar-refractivity contribution is 5.94. The molecule has 2 unspecified atom stereocenters. The van der Waals surface area contributed by atoms with Crippen LogP contribution in [0.5, 0.6) is 0 Å². The topological polar surface area (TPSA) is 300 Å². The number of carbonyl (C=O) groups is 7. The standard InChI is InChI=1S/C44H59N3O16/c1-20-25(59-38(55)32(60-28(50)16-24(45)36(46)53)30(22-14-15-22)47-39(56)63-40(3,4)5)18-44(57)35(61-37(54)23-12-10-9-11-13-23)33-42(8,34(52)31(51)29(20)41(44,6)7)26(49)17-27-43(33,19-58-27)62-21(2)48/h9-13,22,24-27,30-33,35,49,51,57H,14-19,45H2,1-8H3,(H2,46,53)(H,47,56)/t24-,25-,26-,27+,30?,31+,32?,33-,35-,42+,43-,44+/m0/s1. The van der Waals surface area contributed by atoms with Crippen molar-refractivity contribution in [3.8, 4) is 0 Å². The van der Waals surface area contributed by atoms with Gasteiger partial charge in [-0.1, -0.05) is 32.0 Å². The van der Waals surface area contributed by atoms with Gasteiger partial charge in [0.1, 0.15) is 35.6 Å². The van der Waals surface area contributed by atoms with Gasteiger partial charge in [0.05, 0.1) is 48.1 Å². The highest BCUT2D eigenvalue weighted by Crippen LogP contribution is 2.64. The molecule has 4 aliphatic carbocycles. The van der Waals surface area contributed by atoms with Crippen molar-refractivity contribution in [2.75, 3.05) is 6.61 Å². The van der Waals surface area contributed by atoms with E-state index in [1.807, 2.05) is 0 Å². The molecule has 4 fully saturated rings. The average Bonchev–Trinajstić information content (AvgIpc) is 4.03. The first-order chi connectivity index (χ1) is 29.2. The molecule has 19 nitrogen and oxygen atoms in total. The second-order valence-corrected chi connectivity index (χ2v) is 19.2. The summed E-state index contributed by atoms with van der Waals surface area (Å²) in [7, 11) is 0. The molecule has 63 heavy (non-hydrogen) atoms. The first-order valence-corrected chi connectivity index (χ1v) is 21.0. The van der Waals surface area contributed by atoms with Gasteiger partial charge in [-0.15, -0.1) is 0 Å². The molecule has 0 radical (unpaired) electrons. The predicted octanol–water partition coefficient (Wildman–Crippen LogP) is 1.05. The van der Waals surface area contributed by atoms with Gasteiger partial charge in [-0.3, -0.25) is 19.2 Å². The van der Waals surface area contributed by atoms with Gasteiger partial charge in [0.2, 0.25) is 12.0 Å². The van der Waals surface area contributed by atoms with Gasteiger partial charge in [-0.05, 0) is 76.7 Å². The zero-order valence-electron chi connectivity index (χ0n) is 36.7. The Hall–Kier alpha value is -4.95. The van der Waals surface area contributed by atoms with Crippen LogP contribution in [0.15, 0.2) is 41.5 Å². The third-order valence-corrected chi connectivity index (χ3v) is 13.6. The number of hydrogen-bond acceptors (Lipinski definition) is 17. The van der Waals surface area contributed by atoms with E-state index in [-0.39, 0.29) is 29.7 Å². The van der Waals surface area contributed by atoms with Gasteiger partial charge in [0.25, 0.3) is 0 Å². The fourth-order valence-corrected chi connectivity index (χ4v) is 10.1. The number of Topliss-reactive ketones (excluding diaryl/α,β-unsaturated/α-hetero) is 1. The normalized spacial score (nSPS) is 33.6. The Morgan fingerprint density at radius 2 is 1.65 bits per heavy atom. The zero-order chi connectivity index (χ0) is 46.8. The van der Waals surface area contributed by atoms with E-state index >= 15 is 4.79 Å². The Labute approximate surface area is 364 Å². The third kappa shape index (κ3) is 8.57. The maximum absolute atomic E-state index is 15.1. The number of rotatable bonds is 12. The SMILES string of the molecule is CC(=O)O[C@@]12CO[C@@H]1C[C@H](O)[C@@]1(C)C(=O)[C@H](O)C3=C(C)[C@@H](OC(=O)C(OC(=O)C[C@H](N)C(N)=O)C(NC(=O)OC(C)(C)C)C4CC4)C[C@@](O)([C@@H](OC(=O)c4ccccc4)[C@H]21)C3(C)C. The van der Waals surface area contributed by atoms with Gasteiger partial charge in [-0.2, -0.15) is 0 Å². The molecule has 1 aliphatic heterocycles. The van der Waals surface area contributed by atoms with Crippen LogP contribution in [0.3, 0.4) is 0 Å². The summed E-state index contributed by atoms with van der Waals surface area (Å²) in [6.07, 6.45) is -11.5. The summed E-state index contributed by atoms with van der Waals surface area (Å²) in [4.78, 5) is 95.0. The number of carbonyl (C=O) groups excluding carboxylic acids is 7. The molecule has 346 valence electrons. The van der Waals surface area contributed by atoms with Crippen LogP contribution >= 0.6 is 0 Å². The predicted molar refractivity (Wildman–Crippen MR) is 217 cm³/mol. The summed E-state index contributed by atoms with van der Waals surface area (Å²) in [5.74, 6) is -8.12. The number of alkyl carbamates (subject to hydrolysis) is 1. The lowest BCUT2D eigenvalue weighted by Gasteiger charge is -2.67. The van der Waals surface area contributed by atoms with Gasteiger partial charge in [0, 0.05) is 25.2 Å². The van der Waals surface area contributed by atoms with Crippen molar-refractivity contribution in [1.82, 2.24) is 5.32 Å². The molecule has 1 aromatic rings. The molecule has 8 N–H and O–H groups in total. The molecular weight excluding hydrogens is 826 g/mol. The minimum atomic E-state index is -2.43. The number of aliphatic hydroxyl groups is 3. The Balaban J connectivity index is 1.49. The van der Waals surface area contributed by atoms with Crippen LogP contribution in [0.4, 0.5) is 4.79 Å². The molecule has 19 heteroatoms. The minimum absolute atomic E-state index is 0.0448. The zero-order valence-corrected chi connectivity index (χ0v) is 36.7. The first-order valence-electron chi connectivity index (χ1n) is 21.0. The lowest BCUT2D eigenvalue weighted by Crippen LogP contribution is -2.81. The lowest BCUT2D eigenvalue weighted by molar-refractivity contribution is -0.346. The monoisotopic (exact) mass is 885 g/mol. The number of primary amides is 1. The van der Waals surface area contributed by atoms with E-state index in [1.165, 1.54) is 39.8 Å². The van der Waals surface area contributed by atoms with Crippen molar-refractivity contribution < 1.29 is 77.3 Å². The summed E-state index contributed by atoms with van der Waals surface area (Å²) < 4.78 is 35.4. The van der Waals surface area contributed by atoms with Crippen LogP contribution in [-0.4, -0.2) is 129 Å². The Morgan fingerprint density at radius 3 is 2.19 bits per heavy atom. The van der Waals surface area contributed by atoms with Crippen LogP contribution in [0.25, 0.3) is 0 Å². The van der Waals surface area contributed by atoms with Gasteiger partial charge in [-0.25, -0.2) is 14.4 Å². The van der Waals surface area contributed by atoms with E-state index in [4.69, 9.17) is 39.9 Å². The number of nitrogens with one attached hydrogen (secondary N) is 1. The van der Waals surface area contributed by atoms with Gasteiger partial charge < -0.3 is 60.5 Å². The summed E-state index contributed by atoms with van der Waals surface area (Å²) in [6.45, 7) is 11.5. The first kappa shape index (κ1) is 47.5. The van der Waals surface area contributed by atoms with Crippen molar-refractivity contribution in [2.24, 2.45) is 34.1 Å². The number of esters is 4. The summed E-state index contributed by atoms with van der Waals surface area (Å²) in [5.41, 5.74) is 2.09. The molecule has 1 saturated heterocycles. The van der Waals surface area contributed by atoms with E-state index in [0.717, 1.165) is 6.92 Å². The number of benzene rings is 1. The molecule has 1 heterocycles. The van der Waals surface area contributed by atoms with E-state index in [0.29, 0.717) is 12.8 Å². The molecule has 6 rings (SSSR count). The molecule has 0 spiro atoms. The molecule has 1 aromatic carbocycles. The smallest absolute Gasteiger partial charge is 0.408 e. The number of ketones is 1. The maximum atomic E-state index is 15.1. The molecule has 2 amide bonds. The van der Waals surface area contributed by atoms with Crippen LogP contribution < -0.4 is 16.8 Å². The summed E-state index contributed by atoms with van der Waals surface area (Å²) in [6, 6.07) is 5.01. The molecular formula is C44H59N3O16. The highest BCUT2D eigenvalue weighted by Gasteiger charge is 2.78. The van der Waals surface area contributed by atoms with Crippen LogP contribution in [0, 0.1) is 22.7 Å². The lowest BCUT2D eigenvalue weighted by atomic mass is 9.44. The van der Waals surface area contributed by atoms with E-state index < -0.39 is 143 Å². The van der Waals surface area contributed by atoms with Crippen molar-refractivity contribution in [3.05, 3.63) is 47.0 Å². The van der Waals surface area contributed by atoms with E-state index in [1.54, 1.807) is 39.0 Å². The van der Waals surface area contributed by atoms with Crippen molar-refractivity contribution in [3.63, 3.8) is 0 Å². The van der Waals surface area contributed by atoms with Crippen molar-refractivity contribution in [2.45, 2.75) is 153 Å². The number of aliphatic hydroxyl groups excluding tert-OH is 2. The molecule has 12 atom stereocenters. The largest absolute Gasteiger partial charge is 0.455 e. The van der Waals surface area contributed by atoms with E-state index in [9.17, 15) is 44.1 Å². The van der Waals surface area contributed by atoms with Crippen molar-refractivity contribution >= 4 is 41.7 Å². The highest BCUT2D eigenvalue weighted by atomic mass is 16.6. The number of hydrogen-bond donors (Lipinski definition) is 6. The summed E-state index contributed by atoms with van der Waals surface area (Å²) in [5, 5.41) is 40.4. The maximum Gasteiger partial charge on any atom is 0.408 e. The van der Waals surface area contributed by atoms with Gasteiger partial charge in [0.15, 0.2) is 11.4 Å².